The molecule has 0 unspecified atom stereocenters. The van der Waals surface area contributed by atoms with Crippen molar-refractivity contribution in [2.45, 2.75) is 74.7 Å². The Morgan fingerprint density at radius 2 is 1.31 bits per heavy atom. The van der Waals surface area contributed by atoms with Gasteiger partial charge in [0.2, 0.25) is 0 Å². The van der Waals surface area contributed by atoms with Crippen LogP contribution in [-0.4, -0.2) is 24.0 Å². The standard InChI is InChI=1S/C34H34F7N/c35-30-10-8-25(9-11-30)26-14-19-42(20-15-26)31-12-17-32(18-13-31,27-6-2-1-3-7-27)16-4-5-24-21-28(33(36,37)38)23-29(22-24)34(39,40)41/h1-4,6-11,16,21-23,26,31H,5,12-15,17-20H2. The van der Waals surface area contributed by atoms with Crippen molar-refractivity contribution in [1.29, 1.82) is 0 Å². The molecule has 0 aromatic heterocycles. The summed E-state index contributed by atoms with van der Waals surface area (Å²) in [5, 5.41) is 0. The predicted molar refractivity (Wildman–Crippen MR) is 150 cm³/mol. The molecule has 1 nitrogen and oxygen atoms in total. The molecule has 0 bridgehead atoms. The molecule has 1 aliphatic carbocycles. The first-order valence-corrected chi connectivity index (χ1v) is 14.4. The lowest BCUT2D eigenvalue weighted by Gasteiger charge is -2.45. The number of rotatable bonds is 6. The number of hydrogen-bond donors (Lipinski definition) is 0. The second kappa shape index (κ2) is 12.2. The van der Waals surface area contributed by atoms with Crippen LogP contribution in [0.1, 0.15) is 72.3 Å². The number of likely N-dealkylation sites (tertiary alicyclic amines) is 1. The van der Waals surface area contributed by atoms with Gasteiger partial charge in [-0.05, 0) is 111 Å². The van der Waals surface area contributed by atoms with E-state index in [0.717, 1.165) is 69.3 Å². The zero-order chi connectivity index (χ0) is 30.0. The zero-order valence-corrected chi connectivity index (χ0v) is 23.2. The molecule has 224 valence electrons. The summed E-state index contributed by atoms with van der Waals surface area (Å²) in [4.78, 5) is 2.54. The van der Waals surface area contributed by atoms with Crippen LogP contribution < -0.4 is 0 Å². The Hall–Kier alpha value is -3.13. The van der Waals surface area contributed by atoms with E-state index in [1.165, 1.54) is 17.7 Å². The van der Waals surface area contributed by atoms with Crippen molar-refractivity contribution in [3.8, 4) is 0 Å². The van der Waals surface area contributed by atoms with Gasteiger partial charge in [-0.3, -0.25) is 0 Å². The molecular formula is C34H34F7N. The van der Waals surface area contributed by atoms with Gasteiger partial charge in [-0.25, -0.2) is 4.39 Å². The number of hydrogen-bond acceptors (Lipinski definition) is 1. The molecule has 5 rings (SSSR count). The van der Waals surface area contributed by atoms with Crippen LogP contribution >= 0.6 is 0 Å². The molecule has 2 aliphatic rings. The average Bonchev–Trinajstić information content (AvgIpc) is 2.97. The van der Waals surface area contributed by atoms with E-state index in [1.54, 1.807) is 6.08 Å². The molecule has 1 saturated carbocycles. The molecule has 42 heavy (non-hydrogen) atoms. The Balaban J connectivity index is 1.28. The van der Waals surface area contributed by atoms with Gasteiger partial charge in [-0.2, -0.15) is 26.3 Å². The van der Waals surface area contributed by atoms with Gasteiger partial charge in [0.1, 0.15) is 5.82 Å². The van der Waals surface area contributed by atoms with E-state index >= 15 is 0 Å². The summed E-state index contributed by atoms with van der Waals surface area (Å²) < 4.78 is 93.4. The number of piperidine rings is 1. The van der Waals surface area contributed by atoms with Crippen molar-refractivity contribution >= 4 is 0 Å². The van der Waals surface area contributed by atoms with Crippen LogP contribution in [0.3, 0.4) is 0 Å². The van der Waals surface area contributed by atoms with E-state index in [0.29, 0.717) is 12.0 Å². The summed E-state index contributed by atoms with van der Waals surface area (Å²) in [6.45, 7) is 1.94. The van der Waals surface area contributed by atoms with Crippen LogP contribution in [0.5, 0.6) is 0 Å². The molecule has 0 amide bonds. The van der Waals surface area contributed by atoms with E-state index < -0.39 is 23.5 Å². The molecule has 1 saturated heterocycles. The molecular weight excluding hydrogens is 555 g/mol. The number of benzene rings is 3. The highest BCUT2D eigenvalue weighted by atomic mass is 19.4. The summed E-state index contributed by atoms with van der Waals surface area (Å²) in [6.07, 6.45) is -0.408. The Morgan fingerprint density at radius 1 is 0.738 bits per heavy atom. The quantitative estimate of drug-likeness (QED) is 0.204. The van der Waals surface area contributed by atoms with Crippen molar-refractivity contribution in [2.75, 3.05) is 13.1 Å². The summed E-state index contributed by atoms with van der Waals surface area (Å²) in [5.41, 5.74) is -0.650. The molecule has 1 aliphatic heterocycles. The van der Waals surface area contributed by atoms with Gasteiger partial charge in [-0.1, -0.05) is 54.6 Å². The second-order valence-corrected chi connectivity index (χ2v) is 11.6. The van der Waals surface area contributed by atoms with Crippen LogP contribution in [-0.2, 0) is 24.2 Å². The van der Waals surface area contributed by atoms with Crippen molar-refractivity contribution in [1.82, 2.24) is 4.90 Å². The minimum atomic E-state index is -4.86. The minimum absolute atomic E-state index is 0.0191. The van der Waals surface area contributed by atoms with Gasteiger partial charge < -0.3 is 4.90 Å². The van der Waals surface area contributed by atoms with E-state index in [-0.39, 0.29) is 29.3 Å². The highest BCUT2D eigenvalue weighted by Crippen LogP contribution is 2.43. The third-order valence-corrected chi connectivity index (χ3v) is 9.02. The smallest absolute Gasteiger partial charge is 0.300 e. The van der Waals surface area contributed by atoms with E-state index in [4.69, 9.17) is 0 Å². The van der Waals surface area contributed by atoms with Gasteiger partial charge in [-0.15, -0.1) is 0 Å². The molecule has 1 heterocycles. The molecule has 0 radical (unpaired) electrons. The fourth-order valence-electron chi connectivity index (χ4n) is 6.70. The van der Waals surface area contributed by atoms with Crippen molar-refractivity contribution in [2.24, 2.45) is 0 Å². The summed E-state index contributed by atoms with van der Waals surface area (Å²) in [6, 6.07) is 18.9. The van der Waals surface area contributed by atoms with E-state index in [9.17, 15) is 30.7 Å². The van der Waals surface area contributed by atoms with Gasteiger partial charge in [0.15, 0.2) is 0 Å². The first-order valence-electron chi connectivity index (χ1n) is 14.4. The Kier molecular flexibility index (Phi) is 8.83. The molecule has 0 atom stereocenters. The number of allylic oxidation sites excluding steroid dienone is 2. The van der Waals surface area contributed by atoms with Crippen LogP contribution in [0.25, 0.3) is 0 Å². The third-order valence-electron chi connectivity index (χ3n) is 9.02. The maximum atomic E-state index is 13.3. The van der Waals surface area contributed by atoms with E-state index in [2.05, 4.69) is 4.90 Å². The Morgan fingerprint density at radius 3 is 1.86 bits per heavy atom. The van der Waals surface area contributed by atoms with Gasteiger partial charge >= 0.3 is 12.4 Å². The number of nitrogens with zero attached hydrogens (tertiary/aromatic N) is 1. The van der Waals surface area contributed by atoms with Gasteiger partial charge in [0.25, 0.3) is 0 Å². The van der Waals surface area contributed by atoms with Crippen molar-refractivity contribution < 1.29 is 30.7 Å². The first kappa shape index (κ1) is 30.3. The lowest BCUT2D eigenvalue weighted by Crippen LogP contribution is -2.45. The second-order valence-electron chi connectivity index (χ2n) is 11.6. The minimum Gasteiger partial charge on any atom is -0.300 e. The molecule has 3 aromatic carbocycles. The topological polar surface area (TPSA) is 3.24 Å². The lowest BCUT2D eigenvalue weighted by molar-refractivity contribution is -0.143. The van der Waals surface area contributed by atoms with Crippen LogP contribution in [0, 0.1) is 5.82 Å². The van der Waals surface area contributed by atoms with Crippen LogP contribution in [0.2, 0.25) is 0 Å². The fraction of sp³-hybridized carbons (Fsp3) is 0.412. The van der Waals surface area contributed by atoms with Crippen LogP contribution in [0.4, 0.5) is 30.7 Å². The van der Waals surface area contributed by atoms with E-state index in [1.807, 2.05) is 48.5 Å². The monoisotopic (exact) mass is 589 g/mol. The maximum Gasteiger partial charge on any atom is 0.416 e. The Labute approximate surface area is 242 Å². The van der Waals surface area contributed by atoms with Gasteiger partial charge in [0.05, 0.1) is 11.1 Å². The fourth-order valence-corrected chi connectivity index (χ4v) is 6.70. The number of alkyl halides is 6. The molecule has 2 fully saturated rings. The summed E-state index contributed by atoms with van der Waals surface area (Å²) in [7, 11) is 0. The Bertz CT molecular complexity index is 1310. The highest BCUT2D eigenvalue weighted by Gasteiger charge is 2.38. The van der Waals surface area contributed by atoms with Gasteiger partial charge in [0, 0.05) is 11.5 Å². The SMILES string of the molecule is Fc1ccc(C2CCN(C3CCC(C=CCc4cc(C(F)(F)F)cc(C(F)(F)F)c4)(c4ccccc4)CC3)CC2)cc1. The predicted octanol–water partition coefficient (Wildman–Crippen LogP) is 9.72. The molecule has 0 N–H and O–H groups in total. The first-order chi connectivity index (χ1) is 19.9. The normalized spacial score (nSPS) is 23.0. The molecule has 3 aromatic rings. The molecule has 8 heteroatoms. The largest absolute Gasteiger partial charge is 0.416 e. The van der Waals surface area contributed by atoms with Crippen molar-refractivity contribution in [3.63, 3.8) is 0 Å². The molecule has 0 spiro atoms. The summed E-state index contributed by atoms with van der Waals surface area (Å²) in [5.74, 6) is 0.195. The van der Waals surface area contributed by atoms with Crippen LogP contribution in [0.15, 0.2) is 84.9 Å². The third kappa shape index (κ3) is 7.08. The lowest BCUT2D eigenvalue weighted by atomic mass is 9.67. The highest BCUT2D eigenvalue weighted by molar-refractivity contribution is 5.36. The average molecular weight is 590 g/mol. The zero-order valence-electron chi connectivity index (χ0n) is 23.2. The number of halogens is 7. The van der Waals surface area contributed by atoms with Crippen molar-refractivity contribution in [3.05, 3.63) is 119 Å². The maximum absolute atomic E-state index is 13.3. The summed E-state index contributed by atoms with van der Waals surface area (Å²) >= 11 is 0.